The maximum absolute atomic E-state index is 6.48. The van der Waals surface area contributed by atoms with E-state index in [0.717, 1.165) is 5.92 Å². The highest BCUT2D eigenvalue weighted by molar-refractivity contribution is 4.85. The topological polar surface area (TPSA) is 29.3 Å². The summed E-state index contributed by atoms with van der Waals surface area (Å²) < 4.78 is 0. The molecule has 2 heteroatoms. The smallest absolute Gasteiger partial charge is 0.0247 e. The summed E-state index contributed by atoms with van der Waals surface area (Å²) in [4.78, 5) is 2.76. The monoisotopic (exact) mass is 266 g/mol. The Morgan fingerprint density at radius 2 is 1.68 bits per heavy atom. The first-order valence-corrected chi connectivity index (χ1v) is 8.81. The van der Waals surface area contributed by atoms with Crippen LogP contribution in [0.25, 0.3) is 0 Å². The summed E-state index contributed by atoms with van der Waals surface area (Å²) in [6, 6.07) is 1.11. The largest absolute Gasteiger partial charge is 0.326 e. The van der Waals surface area contributed by atoms with Crippen LogP contribution in [0.3, 0.4) is 0 Å². The second kappa shape index (κ2) is 8.26. The first-order valence-electron chi connectivity index (χ1n) is 8.81. The summed E-state index contributed by atoms with van der Waals surface area (Å²) >= 11 is 0. The van der Waals surface area contributed by atoms with E-state index in [2.05, 4.69) is 11.8 Å². The van der Waals surface area contributed by atoms with E-state index in [9.17, 15) is 0 Å². The van der Waals surface area contributed by atoms with Crippen LogP contribution in [0, 0.1) is 5.92 Å². The molecule has 1 heterocycles. The van der Waals surface area contributed by atoms with E-state index in [4.69, 9.17) is 5.73 Å². The first kappa shape index (κ1) is 15.3. The molecule has 1 aliphatic carbocycles. The van der Waals surface area contributed by atoms with Crippen LogP contribution in [0.4, 0.5) is 0 Å². The summed E-state index contributed by atoms with van der Waals surface area (Å²) in [7, 11) is 0. The predicted molar refractivity (Wildman–Crippen MR) is 83.3 cm³/mol. The zero-order chi connectivity index (χ0) is 13.5. The number of nitrogens with zero attached hydrogens (tertiary/aromatic N) is 1. The second-order valence-corrected chi connectivity index (χ2v) is 6.84. The fourth-order valence-corrected chi connectivity index (χ4v) is 4.16. The Balaban J connectivity index is 1.87. The van der Waals surface area contributed by atoms with E-state index in [1.807, 2.05) is 0 Å². The molecule has 2 nitrogen and oxygen atoms in total. The van der Waals surface area contributed by atoms with Crippen molar-refractivity contribution < 1.29 is 0 Å². The minimum absolute atomic E-state index is 0.433. The van der Waals surface area contributed by atoms with Gasteiger partial charge >= 0.3 is 0 Å². The molecule has 0 aromatic carbocycles. The van der Waals surface area contributed by atoms with Gasteiger partial charge in [-0.15, -0.1) is 0 Å². The van der Waals surface area contributed by atoms with Crippen LogP contribution in [0.15, 0.2) is 0 Å². The molecule has 2 fully saturated rings. The van der Waals surface area contributed by atoms with Gasteiger partial charge in [-0.3, -0.25) is 4.90 Å². The van der Waals surface area contributed by atoms with Gasteiger partial charge in [-0.25, -0.2) is 0 Å². The predicted octanol–water partition coefficient (Wildman–Crippen LogP) is 3.94. The summed E-state index contributed by atoms with van der Waals surface area (Å²) in [5.74, 6) is 0.986. The number of hydrogen-bond acceptors (Lipinski definition) is 2. The summed E-state index contributed by atoms with van der Waals surface area (Å²) in [6.45, 7) is 4.94. The van der Waals surface area contributed by atoms with Crippen LogP contribution >= 0.6 is 0 Å². The van der Waals surface area contributed by atoms with Gasteiger partial charge in [-0.1, -0.05) is 45.4 Å². The van der Waals surface area contributed by atoms with E-state index < -0.39 is 0 Å². The molecule has 112 valence electrons. The van der Waals surface area contributed by atoms with Crippen molar-refractivity contribution in [2.75, 3.05) is 13.1 Å². The third kappa shape index (κ3) is 4.75. The third-order valence-corrected chi connectivity index (χ3v) is 5.33. The van der Waals surface area contributed by atoms with Gasteiger partial charge in [-0.2, -0.15) is 0 Å². The van der Waals surface area contributed by atoms with Gasteiger partial charge in [0.15, 0.2) is 0 Å². The standard InChI is InChI=1S/C17H34N2/c1-2-8-15-9-7-13-19(14-12-15)17-11-6-4-3-5-10-16(17)18/h15-17H,2-14,18H2,1H3. The van der Waals surface area contributed by atoms with Crippen LogP contribution in [0.5, 0.6) is 0 Å². The Kier molecular flexibility index (Phi) is 6.66. The van der Waals surface area contributed by atoms with Gasteiger partial charge in [0.05, 0.1) is 0 Å². The molecule has 1 aliphatic heterocycles. The van der Waals surface area contributed by atoms with Crippen molar-refractivity contribution in [2.45, 2.75) is 89.6 Å². The van der Waals surface area contributed by atoms with Crippen molar-refractivity contribution in [2.24, 2.45) is 11.7 Å². The van der Waals surface area contributed by atoms with Crippen molar-refractivity contribution in [3.8, 4) is 0 Å². The van der Waals surface area contributed by atoms with Crippen LogP contribution in [-0.2, 0) is 0 Å². The van der Waals surface area contributed by atoms with Crippen LogP contribution in [-0.4, -0.2) is 30.1 Å². The number of nitrogens with two attached hydrogens (primary N) is 1. The lowest BCUT2D eigenvalue weighted by molar-refractivity contribution is 0.151. The number of hydrogen-bond donors (Lipinski definition) is 1. The lowest BCUT2D eigenvalue weighted by atomic mass is 9.91. The highest BCUT2D eigenvalue weighted by atomic mass is 15.2. The van der Waals surface area contributed by atoms with Crippen molar-refractivity contribution in [3.63, 3.8) is 0 Å². The van der Waals surface area contributed by atoms with E-state index in [-0.39, 0.29) is 0 Å². The molecule has 19 heavy (non-hydrogen) atoms. The molecule has 1 saturated carbocycles. The Morgan fingerprint density at radius 3 is 2.47 bits per heavy atom. The van der Waals surface area contributed by atoms with Gasteiger partial charge in [0.25, 0.3) is 0 Å². The fraction of sp³-hybridized carbons (Fsp3) is 1.00. The van der Waals surface area contributed by atoms with Crippen molar-refractivity contribution >= 4 is 0 Å². The Bertz CT molecular complexity index is 241. The number of likely N-dealkylation sites (tertiary alicyclic amines) is 1. The van der Waals surface area contributed by atoms with Crippen LogP contribution in [0.1, 0.15) is 77.6 Å². The normalized spacial score (nSPS) is 35.4. The van der Waals surface area contributed by atoms with Gasteiger partial charge in [0, 0.05) is 12.1 Å². The molecule has 0 amide bonds. The zero-order valence-electron chi connectivity index (χ0n) is 12.9. The molecular weight excluding hydrogens is 232 g/mol. The first-order chi connectivity index (χ1) is 9.31. The molecule has 3 unspecified atom stereocenters. The molecule has 0 bridgehead atoms. The van der Waals surface area contributed by atoms with Crippen LogP contribution < -0.4 is 5.73 Å². The molecule has 2 aliphatic rings. The van der Waals surface area contributed by atoms with Gasteiger partial charge in [0.2, 0.25) is 0 Å². The quantitative estimate of drug-likeness (QED) is 0.838. The van der Waals surface area contributed by atoms with E-state index >= 15 is 0 Å². The number of rotatable bonds is 3. The Hall–Kier alpha value is -0.0800. The van der Waals surface area contributed by atoms with Crippen molar-refractivity contribution in [3.05, 3.63) is 0 Å². The minimum Gasteiger partial charge on any atom is -0.326 e. The highest BCUT2D eigenvalue weighted by Gasteiger charge is 2.27. The summed E-state index contributed by atoms with van der Waals surface area (Å²) in [5.41, 5.74) is 6.48. The molecule has 0 spiro atoms. The minimum atomic E-state index is 0.433. The van der Waals surface area contributed by atoms with E-state index in [1.54, 1.807) is 0 Å². The molecule has 0 aromatic heterocycles. The molecule has 2 N–H and O–H groups in total. The highest BCUT2D eigenvalue weighted by Crippen LogP contribution is 2.27. The zero-order valence-corrected chi connectivity index (χ0v) is 12.9. The average Bonchev–Trinajstić information content (AvgIpc) is 2.61. The molecule has 0 radical (unpaired) electrons. The van der Waals surface area contributed by atoms with Gasteiger partial charge < -0.3 is 5.73 Å². The maximum atomic E-state index is 6.48. The Morgan fingerprint density at radius 1 is 0.895 bits per heavy atom. The van der Waals surface area contributed by atoms with Gasteiger partial charge in [-0.05, 0) is 51.1 Å². The fourth-order valence-electron chi connectivity index (χ4n) is 4.16. The molecule has 3 atom stereocenters. The average molecular weight is 266 g/mol. The van der Waals surface area contributed by atoms with E-state index in [1.165, 1.54) is 83.7 Å². The second-order valence-electron chi connectivity index (χ2n) is 6.84. The van der Waals surface area contributed by atoms with Crippen LogP contribution in [0.2, 0.25) is 0 Å². The van der Waals surface area contributed by atoms with Gasteiger partial charge in [0.1, 0.15) is 0 Å². The van der Waals surface area contributed by atoms with E-state index in [0.29, 0.717) is 12.1 Å². The lowest BCUT2D eigenvalue weighted by Gasteiger charge is -2.36. The molecule has 2 rings (SSSR count). The third-order valence-electron chi connectivity index (χ3n) is 5.33. The molecule has 1 saturated heterocycles. The molecular formula is C17H34N2. The molecule has 0 aromatic rings. The van der Waals surface area contributed by atoms with Crippen molar-refractivity contribution in [1.82, 2.24) is 4.90 Å². The summed E-state index contributed by atoms with van der Waals surface area (Å²) in [5, 5.41) is 0. The van der Waals surface area contributed by atoms with Crippen molar-refractivity contribution in [1.29, 1.82) is 0 Å². The lowest BCUT2D eigenvalue weighted by Crippen LogP contribution is -2.48. The summed E-state index contributed by atoms with van der Waals surface area (Å²) in [6.07, 6.45) is 15.2. The SMILES string of the molecule is CCCC1CCCN(C2CCCCCCC2N)CC1. The maximum Gasteiger partial charge on any atom is 0.0247 e. The Labute approximate surface area is 120 Å².